The molecule has 0 amide bonds. The topological polar surface area (TPSA) is 41.5 Å². The zero-order valence-electron chi connectivity index (χ0n) is 10.2. The highest BCUT2D eigenvalue weighted by atomic mass is 16.5. The molecule has 2 N–H and O–H groups in total. The Bertz CT molecular complexity index is 295. The van der Waals surface area contributed by atoms with Gasteiger partial charge in [0, 0.05) is 11.7 Å². The molecule has 90 valence electrons. The first-order valence-corrected chi connectivity index (χ1v) is 5.81. The van der Waals surface area contributed by atoms with Gasteiger partial charge in [0.25, 0.3) is 0 Å². The lowest BCUT2D eigenvalue weighted by atomic mass is 10.2. The van der Waals surface area contributed by atoms with Crippen LogP contribution in [0, 0.1) is 0 Å². The molecule has 3 heteroatoms. The van der Waals surface area contributed by atoms with Gasteiger partial charge in [-0.05, 0) is 44.5 Å². The van der Waals surface area contributed by atoms with Crippen molar-refractivity contribution in [1.82, 2.24) is 0 Å². The second-order valence-corrected chi connectivity index (χ2v) is 4.05. The summed E-state index contributed by atoms with van der Waals surface area (Å²) >= 11 is 0. The number of benzene rings is 1. The third-order valence-electron chi connectivity index (χ3n) is 2.45. The fourth-order valence-electron chi connectivity index (χ4n) is 1.25. The average molecular weight is 223 g/mol. The zero-order chi connectivity index (χ0) is 12.0. The van der Waals surface area contributed by atoms with E-state index in [0.29, 0.717) is 0 Å². The molecule has 0 aromatic heterocycles. The molecule has 0 spiro atoms. The second kappa shape index (κ2) is 6.38. The van der Waals surface area contributed by atoms with Crippen LogP contribution < -0.4 is 10.1 Å². The van der Waals surface area contributed by atoms with Crippen molar-refractivity contribution in [3.63, 3.8) is 0 Å². The summed E-state index contributed by atoms with van der Waals surface area (Å²) in [7, 11) is 0. The highest BCUT2D eigenvalue weighted by Crippen LogP contribution is 2.17. The van der Waals surface area contributed by atoms with Gasteiger partial charge in [0.05, 0.1) is 12.7 Å². The minimum atomic E-state index is -0.365. The largest absolute Gasteiger partial charge is 0.494 e. The van der Waals surface area contributed by atoms with Crippen molar-refractivity contribution in [1.29, 1.82) is 0 Å². The number of hydrogen-bond donors (Lipinski definition) is 2. The molecule has 0 radical (unpaired) electrons. The third-order valence-corrected chi connectivity index (χ3v) is 2.45. The van der Waals surface area contributed by atoms with Crippen LogP contribution in [0.3, 0.4) is 0 Å². The SMILES string of the molecule is CCCOc1ccc(NC(C)C(C)O)cc1. The monoisotopic (exact) mass is 223 g/mol. The Balaban J connectivity index is 2.51. The fourth-order valence-corrected chi connectivity index (χ4v) is 1.25. The van der Waals surface area contributed by atoms with E-state index in [1.165, 1.54) is 0 Å². The Morgan fingerprint density at radius 3 is 2.38 bits per heavy atom. The Kier molecular flexibility index (Phi) is 5.12. The summed E-state index contributed by atoms with van der Waals surface area (Å²) in [5.74, 6) is 0.886. The van der Waals surface area contributed by atoms with Crippen LogP contribution in [-0.2, 0) is 0 Å². The van der Waals surface area contributed by atoms with Crippen molar-refractivity contribution in [2.75, 3.05) is 11.9 Å². The van der Waals surface area contributed by atoms with Crippen LogP contribution in [-0.4, -0.2) is 23.9 Å². The van der Waals surface area contributed by atoms with E-state index >= 15 is 0 Å². The lowest BCUT2D eigenvalue weighted by molar-refractivity contribution is 0.178. The van der Waals surface area contributed by atoms with Crippen molar-refractivity contribution in [2.45, 2.75) is 39.3 Å². The first kappa shape index (κ1) is 12.8. The number of aliphatic hydroxyl groups is 1. The predicted molar refractivity (Wildman–Crippen MR) is 67.0 cm³/mol. The maximum atomic E-state index is 9.37. The second-order valence-electron chi connectivity index (χ2n) is 4.05. The van der Waals surface area contributed by atoms with E-state index in [1.807, 2.05) is 31.2 Å². The lowest BCUT2D eigenvalue weighted by Gasteiger charge is -2.18. The molecule has 0 saturated carbocycles. The van der Waals surface area contributed by atoms with E-state index < -0.39 is 0 Å². The van der Waals surface area contributed by atoms with Gasteiger partial charge in [0.2, 0.25) is 0 Å². The summed E-state index contributed by atoms with van der Waals surface area (Å²) in [6.45, 7) is 6.56. The molecule has 0 aliphatic rings. The van der Waals surface area contributed by atoms with Gasteiger partial charge in [-0.1, -0.05) is 6.92 Å². The van der Waals surface area contributed by atoms with Gasteiger partial charge in [-0.15, -0.1) is 0 Å². The van der Waals surface area contributed by atoms with Gasteiger partial charge in [-0.2, -0.15) is 0 Å². The van der Waals surface area contributed by atoms with Crippen LogP contribution in [0.5, 0.6) is 5.75 Å². The molecule has 2 unspecified atom stereocenters. The number of rotatable bonds is 6. The molecule has 0 heterocycles. The van der Waals surface area contributed by atoms with E-state index in [1.54, 1.807) is 6.92 Å². The standard InChI is InChI=1S/C13H21NO2/c1-4-9-16-13-7-5-12(6-8-13)14-10(2)11(3)15/h5-8,10-11,14-15H,4,9H2,1-3H3. The van der Waals surface area contributed by atoms with Gasteiger partial charge in [-0.25, -0.2) is 0 Å². The van der Waals surface area contributed by atoms with E-state index in [9.17, 15) is 5.11 Å². The molecule has 0 bridgehead atoms. The normalized spacial score (nSPS) is 14.2. The van der Waals surface area contributed by atoms with E-state index in [0.717, 1.165) is 24.5 Å². The average Bonchev–Trinajstić information content (AvgIpc) is 2.28. The highest BCUT2D eigenvalue weighted by molar-refractivity contribution is 5.47. The minimum absolute atomic E-state index is 0.0439. The highest BCUT2D eigenvalue weighted by Gasteiger charge is 2.07. The van der Waals surface area contributed by atoms with Crippen molar-refractivity contribution >= 4 is 5.69 Å². The van der Waals surface area contributed by atoms with Crippen LogP contribution in [0.25, 0.3) is 0 Å². The van der Waals surface area contributed by atoms with Crippen molar-refractivity contribution < 1.29 is 9.84 Å². The number of hydrogen-bond acceptors (Lipinski definition) is 3. The number of anilines is 1. The molecule has 0 fully saturated rings. The molecule has 0 aliphatic carbocycles. The van der Waals surface area contributed by atoms with E-state index in [-0.39, 0.29) is 12.1 Å². The van der Waals surface area contributed by atoms with Crippen LogP contribution in [0.1, 0.15) is 27.2 Å². The van der Waals surface area contributed by atoms with Gasteiger partial charge in [0.15, 0.2) is 0 Å². The number of ether oxygens (including phenoxy) is 1. The predicted octanol–water partition coefficient (Wildman–Crippen LogP) is 2.66. The van der Waals surface area contributed by atoms with Gasteiger partial charge >= 0.3 is 0 Å². The summed E-state index contributed by atoms with van der Waals surface area (Å²) in [4.78, 5) is 0. The Hall–Kier alpha value is -1.22. The summed E-state index contributed by atoms with van der Waals surface area (Å²) in [6, 6.07) is 7.84. The minimum Gasteiger partial charge on any atom is -0.494 e. The Morgan fingerprint density at radius 1 is 1.25 bits per heavy atom. The fraction of sp³-hybridized carbons (Fsp3) is 0.538. The van der Waals surface area contributed by atoms with Crippen LogP contribution in [0.15, 0.2) is 24.3 Å². The Labute approximate surface area is 97.4 Å². The number of nitrogens with one attached hydrogen (secondary N) is 1. The molecule has 16 heavy (non-hydrogen) atoms. The van der Waals surface area contributed by atoms with Gasteiger partial charge in [0.1, 0.15) is 5.75 Å². The van der Waals surface area contributed by atoms with E-state index in [4.69, 9.17) is 4.74 Å². The maximum Gasteiger partial charge on any atom is 0.119 e. The number of aliphatic hydroxyl groups excluding tert-OH is 1. The van der Waals surface area contributed by atoms with Crippen LogP contribution in [0.2, 0.25) is 0 Å². The molecule has 1 rings (SSSR count). The summed E-state index contributed by atoms with van der Waals surface area (Å²) in [6.07, 6.45) is 0.648. The molecule has 0 aliphatic heterocycles. The summed E-state index contributed by atoms with van der Waals surface area (Å²) in [5, 5.41) is 12.6. The summed E-state index contributed by atoms with van der Waals surface area (Å²) in [5.41, 5.74) is 0.997. The first-order valence-electron chi connectivity index (χ1n) is 5.81. The summed E-state index contributed by atoms with van der Waals surface area (Å²) < 4.78 is 5.49. The van der Waals surface area contributed by atoms with Gasteiger partial charge < -0.3 is 15.2 Å². The van der Waals surface area contributed by atoms with Crippen LogP contribution in [0.4, 0.5) is 5.69 Å². The lowest BCUT2D eigenvalue weighted by Crippen LogP contribution is -2.27. The van der Waals surface area contributed by atoms with Crippen molar-refractivity contribution in [3.05, 3.63) is 24.3 Å². The molecule has 2 atom stereocenters. The van der Waals surface area contributed by atoms with Crippen molar-refractivity contribution in [3.8, 4) is 5.75 Å². The molecule has 1 aromatic rings. The first-order chi connectivity index (χ1) is 7.63. The third kappa shape index (κ3) is 4.11. The zero-order valence-corrected chi connectivity index (χ0v) is 10.2. The van der Waals surface area contributed by atoms with Crippen LogP contribution >= 0.6 is 0 Å². The molecular weight excluding hydrogens is 202 g/mol. The van der Waals surface area contributed by atoms with Gasteiger partial charge in [-0.3, -0.25) is 0 Å². The molecule has 0 saturated heterocycles. The molecule has 3 nitrogen and oxygen atoms in total. The maximum absolute atomic E-state index is 9.37. The van der Waals surface area contributed by atoms with E-state index in [2.05, 4.69) is 12.2 Å². The molecule has 1 aromatic carbocycles. The van der Waals surface area contributed by atoms with Crippen molar-refractivity contribution in [2.24, 2.45) is 0 Å². The smallest absolute Gasteiger partial charge is 0.119 e. The molecular formula is C13H21NO2. The quantitative estimate of drug-likeness (QED) is 0.779. The Morgan fingerprint density at radius 2 is 1.88 bits per heavy atom.